The maximum atomic E-state index is 12.5. The molecule has 5 atom stereocenters. The topological polar surface area (TPSA) is 154 Å². The summed E-state index contributed by atoms with van der Waals surface area (Å²) < 4.78 is 16.4. The van der Waals surface area contributed by atoms with Crippen LogP contribution in [0.25, 0.3) is 0 Å². The van der Waals surface area contributed by atoms with Gasteiger partial charge in [0.1, 0.15) is 19.3 Å². The van der Waals surface area contributed by atoms with Crippen LogP contribution in [0, 0.1) is 22.7 Å². The second-order valence-corrected chi connectivity index (χ2v) is 10.8. The average Bonchev–Trinajstić information content (AvgIpc) is 3.26. The third-order valence-electron chi connectivity index (χ3n) is 8.30. The molecule has 1 aliphatic heterocycles. The first kappa shape index (κ1) is 29.1. The number of allylic oxidation sites excluding steroid dienone is 2. The number of carbonyl (C=O) groups excluding carboxylic acids is 3. The van der Waals surface area contributed by atoms with Gasteiger partial charge in [0, 0.05) is 11.3 Å². The molecule has 0 unspecified atom stereocenters. The van der Waals surface area contributed by atoms with E-state index >= 15 is 0 Å². The summed E-state index contributed by atoms with van der Waals surface area (Å²) in [7, 11) is 0. The van der Waals surface area contributed by atoms with Gasteiger partial charge in [0.15, 0.2) is 0 Å². The maximum Gasteiger partial charge on any atom is 0.338 e. The molecule has 10 nitrogen and oxygen atoms in total. The van der Waals surface area contributed by atoms with Crippen molar-refractivity contribution in [2.24, 2.45) is 22.7 Å². The van der Waals surface area contributed by atoms with Gasteiger partial charge < -0.3 is 24.4 Å². The number of ether oxygens (including phenoxy) is 3. The lowest BCUT2D eigenvalue weighted by molar-refractivity contribution is -0.192. The Bertz CT molecular complexity index is 1060. The lowest BCUT2D eigenvalue weighted by atomic mass is 9.46. The van der Waals surface area contributed by atoms with E-state index in [0.717, 1.165) is 5.57 Å². The van der Waals surface area contributed by atoms with E-state index in [1.165, 1.54) is 0 Å². The van der Waals surface area contributed by atoms with Gasteiger partial charge in [0.2, 0.25) is 0 Å². The number of carboxylic acid groups (broad SMARTS) is 2. The summed E-state index contributed by atoms with van der Waals surface area (Å²) in [6.45, 7) is 8.49. The standard InChI is InChI=1S/C28H36O10/c1-17-4-7-20-27(2,19(17)6-5-18-13-15-36-26(18)35)14-12-21(38-25(34)11-9-23(31)32)28(20,3)16-37-24(33)10-8-22(29)30/h5-6,13,19-21H,1,4,7-12,14-16H2,2-3H3,(H,29,30)(H,31,32)/b6-5+/t19-,20-,21-,27+,28+/m0/s1. The number of fused-ring (bicyclic) bond motifs is 1. The SMILES string of the molecule is C=C1CC[C@H]2[C@](C)(CC[C@H](OC(=O)CCC(=O)O)[C@]2(C)COC(=O)CCC(=O)O)[C@H]1/C=C/C1=CCOC1=O. The van der Waals surface area contributed by atoms with Gasteiger partial charge in [-0.2, -0.15) is 0 Å². The maximum absolute atomic E-state index is 12.5. The Balaban J connectivity index is 1.88. The second kappa shape index (κ2) is 12.0. The molecule has 3 rings (SSSR count). The average molecular weight is 533 g/mol. The zero-order valence-corrected chi connectivity index (χ0v) is 21.9. The van der Waals surface area contributed by atoms with E-state index in [9.17, 15) is 24.0 Å². The second-order valence-electron chi connectivity index (χ2n) is 10.8. The number of carboxylic acids is 2. The van der Waals surface area contributed by atoms with Crippen molar-refractivity contribution in [2.75, 3.05) is 13.2 Å². The summed E-state index contributed by atoms with van der Waals surface area (Å²) in [6, 6.07) is 0. The van der Waals surface area contributed by atoms with E-state index in [2.05, 4.69) is 13.5 Å². The van der Waals surface area contributed by atoms with Crippen LogP contribution in [0.1, 0.15) is 65.2 Å². The summed E-state index contributed by atoms with van der Waals surface area (Å²) >= 11 is 0. The Labute approximate surface area is 221 Å². The molecule has 10 heteroatoms. The predicted molar refractivity (Wildman–Crippen MR) is 134 cm³/mol. The molecule has 2 N–H and O–H groups in total. The lowest BCUT2D eigenvalue weighted by Gasteiger charge is -2.59. The van der Waals surface area contributed by atoms with Gasteiger partial charge in [-0.25, -0.2) is 4.79 Å². The summed E-state index contributed by atoms with van der Waals surface area (Å²) in [6.07, 6.45) is 6.10. The molecular formula is C28H36O10. The molecule has 0 saturated heterocycles. The van der Waals surface area contributed by atoms with E-state index in [-0.39, 0.29) is 62.1 Å². The van der Waals surface area contributed by atoms with Crippen LogP contribution in [0.15, 0.2) is 36.0 Å². The molecular weight excluding hydrogens is 496 g/mol. The summed E-state index contributed by atoms with van der Waals surface area (Å²) in [5.41, 5.74) is 0.328. The fraction of sp³-hybridized carbons (Fsp3) is 0.607. The van der Waals surface area contributed by atoms with Crippen LogP contribution in [-0.4, -0.2) is 59.4 Å². The Morgan fingerprint density at radius 1 is 1.08 bits per heavy atom. The molecule has 0 radical (unpaired) electrons. The molecule has 2 fully saturated rings. The van der Waals surface area contributed by atoms with Crippen LogP contribution in [0.2, 0.25) is 0 Å². The highest BCUT2D eigenvalue weighted by atomic mass is 16.6. The van der Waals surface area contributed by atoms with Crippen molar-refractivity contribution in [3.05, 3.63) is 36.0 Å². The Morgan fingerprint density at radius 3 is 2.34 bits per heavy atom. The molecule has 0 aromatic heterocycles. The zero-order valence-electron chi connectivity index (χ0n) is 21.9. The van der Waals surface area contributed by atoms with Crippen molar-refractivity contribution in [1.29, 1.82) is 0 Å². The molecule has 2 aliphatic carbocycles. The molecule has 208 valence electrons. The molecule has 1 heterocycles. The van der Waals surface area contributed by atoms with E-state index < -0.39 is 35.4 Å². The van der Waals surface area contributed by atoms with E-state index in [1.54, 1.807) is 12.2 Å². The first-order valence-electron chi connectivity index (χ1n) is 12.9. The third kappa shape index (κ3) is 6.52. The third-order valence-corrected chi connectivity index (χ3v) is 8.30. The molecule has 2 saturated carbocycles. The number of carbonyl (C=O) groups is 5. The number of hydrogen-bond donors (Lipinski definition) is 2. The van der Waals surface area contributed by atoms with E-state index in [0.29, 0.717) is 31.3 Å². The minimum Gasteiger partial charge on any atom is -0.481 e. The number of hydrogen-bond acceptors (Lipinski definition) is 8. The predicted octanol–water partition coefficient (Wildman–Crippen LogP) is 3.60. The van der Waals surface area contributed by atoms with Crippen LogP contribution in [0.5, 0.6) is 0 Å². The minimum atomic E-state index is -1.11. The van der Waals surface area contributed by atoms with Crippen molar-refractivity contribution < 1.29 is 48.4 Å². The van der Waals surface area contributed by atoms with Crippen LogP contribution in [0.3, 0.4) is 0 Å². The normalized spacial score (nSPS) is 30.8. The number of aliphatic carboxylic acids is 2. The highest BCUT2D eigenvalue weighted by molar-refractivity contribution is 5.93. The molecule has 38 heavy (non-hydrogen) atoms. The van der Waals surface area contributed by atoms with E-state index in [4.69, 9.17) is 24.4 Å². The fourth-order valence-electron chi connectivity index (χ4n) is 6.30. The minimum absolute atomic E-state index is 0.0804. The van der Waals surface area contributed by atoms with Gasteiger partial charge in [-0.15, -0.1) is 0 Å². The zero-order chi connectivity index (χ0) is 28.1. The number of esters is 3. The van der Waals surface area contributed by atoms with Crippen molar-refractivity contribution in [2.45, 2.75) is 71.3 Å². The molecule has 3 aliphatic rings. The molecule has 0 bridgehead atoms. The van der Waals surface area contributed by atoms with Gasteiger partial charge in [-0.05, 0) is 43.1 Å². The highest BCUT2D eigenvalue weighted by Gasteiger charge is 2.59. The Kier molecular flexibility index (Phi) is 9.17. The van der Waals surface area contributed by atoms with Crippen molar-refractivity contribution in [1.82, 2.24) is 0 Å². The van der Waals surface area contributed by atoms with Crippen LogP contribution >= 0.6 is 0 Å². The smallest absolute Gasteiger partial charge is 0.338 e. The lowest BCUT2D eigenvalue weighted by Crippen LogP contribution is -2.58. The fourth-order valence-corrected chi connectivity index (χ4v) is 6.30. The van der Waals surface area contributed by atoms with Gasteiger partial charge in [0.05, 0.1) is 31.3 Å². The summed E-state index contributed by atoms with van der Waals surface area (Å²) in [5.74, 6) is -4.05. The van der Waals surface area contributed by atoms with Gasteiger partial charge in [-0.3, -0.25) is 19.2 Å². The Hall–Kier alpha value is -3.43. The quantitative estimate of drug-likeness (QED) is 0.229. The van der Waals surface area contributed by atoms with Crippen LogP contribution in [-0.2, 0) is 38.2 Å². The first-order valence-corrected chi connectivity index (χ1v) is 12.9. The van der Waals surface area contributed by atoms with Crippen LogP contribution < -0.4 is 0 Å². The van der Waals surface area contributed by atoms with Gasteiger partial charge in [0.25, 0.3) is 0 Å². The molecule has 0 aromatic rings. The monoisotopic (exact) mass is 532 g/mol. The van der Waals surface area contributed by atoms with Crippen molar-refractivity contribution >= 4 is 29.8 Å². The summed E-state index contributed by atoms with van der Waals surface area (Å²) in [4.78, 5) is 58.6. The summed E-state index contributed by atoms with van der Waals surface area (Å²) in [5, 5.41) is 17.8. The first-order chi connectivity index (χ1) is 17.9. The van der Waals surface area contributed by atoms with Gasteiger partial charge in [-0.1, -0.05) is 38.2 Å². The molecule has 0 aromatic carbocycles. The number of rotatable bonds is 11. The number of cyclic esters (lactones) is 1. The van der Waals surface area contributed by atoms with Gasteiger partial charge >= 0.3 is 29.8 Å². The Morgan fingerprint density at radius 2 is 1.74 bits per heavy atom. The molecule has 0 amide bonds. The van der Waals surface area contributed by atoms with Crippen molar-refractivity contribution in [3.63, 3.8) is 0 Å². The highest BCUT2D eigenvalue weighted by Crippen LogP contribution is 2.62. The van der Waals surface area contributed by atoms with Crippen molar-refractivity contribution in [3.8, 4) is 0 Å². The van der Waals surface area contributed by atoms with E-state index in [1.807, 2.05) is 13.0 Å². The molecule has 0 spiro atoms. The largest absolute Gasteiger partial charge is 0.481 e. The van der Waals surface area contributed by atoms with Crippen LogP contribution in [0.4, 0.5) is 0 Å².